The van der Waals surface area contributed by atoms with E-state index < -0.39 is 0 Å². The van der Waals surface area contributed by atoms with E-state index >= 15 is 0 Å². The molecule has 0 spiro atoms. The van der Waals surface area contributed by atoms with Crippen molar-refractivity contribution in [3.05, 3.63) is 11.1 Å². The van der Waals surface area contributed by atoms with E-state index in [9.17, 15) is 0 Å². The average Bonchev–Trinajstić information content (AvgIpc) is 2.50. The highest BCUT2D eigenvalue weighted by Gasteiger charge is 2.14. The summed E-state index contributed by atoms with van der Waals surface area (Å²) in [7, 11) is 4.00. The Kier molecular flexibility index (Phi) is 3.27. The maximum Gasteiger partial charge on any atom is 0.184 e. The lowest BCUT2D eigenvalue weighted by atomic mass is 10.0. The van der Waals surface area contributed by atoms with Gasteiger partial charge in [0.1, 0.15) is 0 Å². The third-order valence-corrected chi connectivity index (χ3v) is 3.17. The van der Waals surface area contributed by atoms with Gasteiger partial charge in [-0.25, -0.2) is 4.98 Å². The zero-order valence-electron chi connectivity index (χ0n) is 8.61. The Balaban J connectivity index is 2.79. The van der Waals surface area contributed by atoms with Gasteiger partial charge in [0.05, 0.1) is 5.69 Å². The van der Waals surface area contributed by atoms with Gasteiger partial charge in [-0.05, 0) is 6.92 Å². The molecule has 13 heavy (non-hydrogen) atoms. The van der Waals surface area contributed by atoms with Gasteiger partial charge in [-0.1, -0.05) is 6.92 Å². The van der Waals surface area contributed by atoms with Gasteiger partial charge in [0, 0.05) is 31.4 Å². The Hall–Kier alpha value is -0.610. The number of aromatic nitrogens is 1. The van der Waals surface area contributed by atoms with Crippen LogP contribution in [0.1, 0.15) is 25.5 Å². The van der Waals surface area contributed by atoms with Gasteiger partial charge in [-0.3, -0.25) is 0 Å². The predicted molar refractivity (Wildman–Crippen MR) is 58.5 cm³/mol. The molecule has 1 rings (SSSR count). The van der Waals surface area contributed by atoms with Crippen molar-refractivity contribution in [3.63, 3.8) is 0 Å². The summed E-state index contributed by atoms with van der Waals surface area (Å²) in [4.78, 5) is 6.51. The van der Waals surface area contributed by atoms with E-state index in [1.54, 1.807) is 11.3 Å². The van der Waals surface area contributed by atoms with Crippen LogP contribution in [0, 0.1) is 0 Å². The van der Waals surface area contributed by atoms with E-state index in [2.05, 4.69) is 17.3 Å². The molecular formula is C9H17N3S. The zero-order chi connectivity index (χ0) is 10.0. The van der Waals surface area contributed by atoms with Gasteiger partial charge in [0.15, 0.2) is 5.13 Å². The molecule has 2 N–H and O–H groups in total. The van der Waals surface area contributed by atoms with E-state index in [4.69, 9.17) is 5.73 Å². The largest absolute Gasteiger partial charge is 0.354 e. The number of anilines is 1. The van der Waals surface area contributed by atoms with Crippen LogP contribution in [-0.2, 0) is 0 Å². The van der Waals surface area contributed by atoms with Crippen molar-refractivity contribution < 1.29 is 0 Å². The molecule has 3 nitrogen and oxygen atoms in total. The topological polar surface area (TPSA) is 42.1 Å². The van der Waals surface area contributed by atoms with Crippen molar-refractivity contribution >= 4 is 16.5 Å². The fourth-order valence-electron chi connectivity index (χ4n) is 0.960. The monoisotopic (exact) mass is 199 g/mol. The second-order valence-corrected chi connectivity index (χ2v) is 4.43. The Morgan fingerprint density at radius 1 is 1.46 bits per heavy atom. The second kappa shape index (κ2) is 4.07. The lowest BCUT2D eigenvalue weighted by molar-refractivity contribution is 0.601. The highest BCUT2D eigenvalue weighted by molar-refractivity contribution is 7.13. The minimum absolute atomic E-state index is 0.164. The van der Waals surface area contributed by atoms with Crippen LogP contribution in [0.5, 0.6) is 0 Å². The molecule has 1 heterocycles. The van der Waals surface area contributed by atoms with Crippen LogP contribution >= 0.6 is 11.3 Å². The van der Waals surface area contributed by atoms with Crippen LogP contribution in [0.25, 0.3) is 0 Å². The standard InChI is InChI=1S/C9H17N3S/c1-6(7(2)10)8-5-13-9(11-8)12(3)4/h5-7H,10H2,1-4H3. The van der Waals surface area contributed by atoms with Crippen molar-refractivity contribution in [1.29, 1.82) is 0 Å². The predicted octanol–water partition coefficient (Wildman–Crippen LogP) is 1.66. The van der Waals surface area contributed by atoms with Crippen molar-refractivity contribution in [2.24, 2.45) is 5.73 Å². The SMILES string of the molecule is CC(N)C(C)c1csc(N(C)C)n1. The van der Waals surface area contributed by atoms with E-state index in [0.29, 0.717) is 5.92 Å². The first-order valence-corrected chi connectivity index (χ1v) is 5.28. The lowest BCUT2D eigenvalue weighted by Crippen LogP contribution is -2.22. The highest BCUT2D eigenvalue weighted by atomic mass is 32.1. The summed E-state index contributed by atoms with van der Waals surface area (Å²) in [6, 6.07) is 0.164. The molecule has 0 saturated carbocycles. The molecule has 74 valence electrons. The van der Waals surface area contributed by atoms with Crippen molar-refractivity contribution in [2.75, 3.05) is 19.0 Å². The second-order valence-electron chi connectivity index (χ2n) is 3.60. The Morgan fingerprint density at radius 3 is 2.46 bits per heavy atom. The Labute approximate surface area is 83.6 Å². The molecule has 0 aliphatic rings. The zero-order valence-corrected chi connectivity index (χ0v) is 9.43. The number of hydrogen-bond acceptors (Lipinski definition) is 4. The fraction of sp³-hybridized carbons (Fsp3) is 0.667. The first-order valence-electron chi connectivity index (χ1n) is 4.40. The molecule has 1 aromatic rings. The van der Waals surface area contributed by atoms with Crippen LogP contribution < -0.4 is 10.6 Å². The van der Waals surface area contributed by atoms with E-state index in [-0.39, 0.29) is 6.04 Å². The summed E-state index contributed by atoms with van der Waals surface area (Å²) < 4.78 is 0. The molecule has 0 saturated heterocycles. The number of nitrogens with zero attached hydrogens (tertiary/aromatic N) is 2. The van der Waals surface area contributed by atoms with Gasteiger partial charge in [-0.15, -0.1) is 11.3 Å². The number of hydrogen-bond donors (Lipinski definition) is 1. The summed E-state index contributed by atoms with van der Waals surface area (Å²) >= 11 is 1.66. The molecule has 0 aromatic carbocycles. The molecule has 0 bridgehead atoms. The summed E-state index contributed by atoms with van der Waals surface area (Å²) in [5.74, 6) is 0.338. The molecule has 2 unspecified atom stereocenters. The van der Waals surface area contributed by atoms with Gasteiger partial charge in [0.25, 0.3) is 0 Å². The van der Waals surface area contributed by atoms with Crippen LogP contribution in [0.2, 0.25) is 0 Å². The molecule has 0 amide bonds. The van der Waals surface area contributed by atoms with Gasteiger partial charge in [-0.2, -0.15) is 0 Å². The molecule has 1 aromatic heterocycles. The Bertz CT molecular complexity index is 268. The van der Waals surface area contributed by atoms with Crippen LogP contribution in [0.15, 0.2) is 5.38 Å². The molecule has 0 aliphatic carbocycles. The number of thiazole rings is 1. The van der Waals surface area contributed by atoms with Gasteiger partial charge in [0.2, 0.25) is 0 Å². The lowest BCUT2D eigenvalue weighted by Gasteiger charge is -2.12. The summed E-state index contributed by atoms with van der Waals surface area (Å²) in [5.41, 5.74) is 6.90. The average molecular weight is 199 g/mol. The highest BCUT2D eigenvalue weighted by Crippen LogP contribution is 2.24. The van der Waals surface area contributed by atoms with Gasteiger partial charge < -0.3 is 10.6 Å². The van der Waals surface area contributed by atoms with E-state index in [1.807, 2.05) is 25.9 Å². The first-order chi connectivity index (χ1) is 6.02. The maximum absolute atomic E-state index is 5.80. The van der Waals surface area contributed by atoms with Gasteiger partial charge >= 0.3 is 0 Å². The summed E-state index contributed by atoms with van der Waals surface area (Å²) in [6.07, 6.45) is 0. The van der Waals surface area contributed by atoms with Crippen molar-refractivity contribution in [3.8, 4) is 0 Å². The minimum Gasteiger partial charge on any atom is -0.354 e. The first kappa shape index (κ1) is 10.5. The molecule has 0 fully saturated rings. The third kappa shape index (κ3) is 2.42. The minimum atomic E-state index is 0.164. The fourth-order valence-corrected chi connectivity index (χ4v) is 1.82. The molecule has 4 heteroatoms. The number of rotatable bonds is 3. The molecule has 0 aliphatic heterocycles. The Morgan fingerprint density at radius 2 is 2.08 bits per heavy atom. The number of nitrogens with two attached hydrogens (primary N) is 1. The molecule has 2 atom stereocenters. The van der Waals surface area contributed by atoms with Crippen LogP contribution in [-0.4, -0.2) is 25.1 Å². The van der Waals surface area contributed by atoms with Crippen LogP contribution in [0.4, 0.5) is 5.13 Å². The maximum atomic E-state index is 5.80. The van der Waals surface area contributed by atoms with Crippen LogP contribution in [0.3, 0.4) is 0 Å². The van der Waals surface area contributed by atoms with Crippen molar-refractivity contribution in [1.82, 2.24) is 4.98 Å². The normalized spacial score (nSPS) is 15.5. The van der Waals surface area contributed by atoms with E-state index in [0.717, 1.165) is 10.8 Å². The third-order valence-electron chi connectivity index (χ3n) is 2.15. The summed E-state index contributed by atoms with van der Waals surface area (Å²) in [5, 5.41) is 3.13. The molecular weight excluding hydrogens is 182 g/mol. The molecule has 0 radical (unpaired) electrons. The summed E-state index contributed by atoms with van der Waals surface area (Å²) in [6.45, 7) is 4.12. The smallest absolute Gasteiger partial charge is 0.184 e. The van der Waals surface area contributed by atoms with Crippen molar-refractivity contribution in [2.45, 2.75) is 25.8 Å². The van der Waals surface area contributed by atoms with E-state index in [1.165, 1.54) is 0 Å². The quantitative estimate of drug-likeness (QED) is 0.805.